The molecule has 0 aliphatic heterocycles. The second kappa shape index (κ2) is 10.2. The van der Waals surface area contributed by atoms with E-state index in [1.807, 2.05) is 32.9 Å². The van der Waals surface area contributed by atoms with Crippen LogP contribution in [0.15, 0.2) is 48.5 Å². The number of ether oxygens (including phenoxy) is 2. The fourth-order valence-corrected chi connectivity index (χ4v) is 2.56. The van der Waals surface area contributed by atoms with Crippen LogP contribution >= 0.6 is 0 Å². The first-order chi connectivity index (χ1) is 13.1. The minimum atomic E-state index is -0.254. The molecule has 0 saturated heterocycles. The van der Waals surface area contributed by atoms with Gasteiger partial charge in [0.05, 0.1) is 24.3 Å². The molecule has 0 aromatic heterocycles. The first-order valence-electron chi connectivity index (χ1n) is 9.09. The molecule has 144 valence electrons. The topological polar surface area (TPSA) is 76.7 Å². The summed E-state index contributed by atoms with van der Waals surface area (Å²) in [5, 5.41) is 5.71. The van der Waals surface area contributed by atoms with Crippen LogP contribution in [-0.4, -0.2) is 37.6 Å². The van der Waals surface area contributed by atoms with Gasteiger partial charge in [0, 0.05) is 12.6 Å². The van der Waals surface area contributed by atoms with Crippen LogP contribution in [0.4, 0.5) is 0 Å². The van der Waals surface area contributed by atoms with Crippen LogP contribution in [0.25, 0.3) is 0 Å². The van der Waals surface area contributed by atoms with Gasteiger partial charge in [-0.3, -0.25) is 9.59 Å². The molecule has 2 rings (SSSR count). The molecule has 1 unspecified atom stereocenters. The van der Waals surface area contributed by atoms with Crippen LogP contribution < -0.4 is 20.1 Å². The zero-order valence-corrected chi connectivity index (χ0v) is 16.0. The van der Waals surface area contributed by atoms with Crippen LogP contribution in [-0.2, 0) is 0 Å². The zero-order valence-electron chi connectivity index (χ0n) is 16.0. The van der Waals surface area contributed by atoms with Gasteiger partial charge in [-0.1, -0.05) is 24.3 Å². The molecule has 0 heterocycles. The molecule has 27 heavy (non-hydrogen) atoms. The van der Waals surface area contributed by atoms with Gasteiger partial charge in [-0.25, -0.2) is 0 Å². The lowest BCUT2D eigenvalue weighted by atomic mass is 10.1. The van der Waals surface area contributed by atoms with Crippen molar-refractivity contribution in [1.29, 1.82) is 0 Å². The van der Waals surface area contributed by atoms with E-state index in [0.29, 0.717) is 42.4 Å². The van der Waals surface area contributed by atoms with Gasteiger partial charge in [0.1, 0.15) is 11.5 Å². The molecule has 0 saturated carbocycles. The van der Waals surface area contributed by atoms with Gasteiger partial charge in [-0.05, 0) is 45.0 Å². The van der Waals surface area contributed by atoms with Crippen molar-refractivity contribution in [2.45, 2.75) is 26.8 Å². The van der Waals surface area contributed by atoms with Gasteiger partial charge >= 0.3 is 0 Å². The fraction of sp³-hybridized carbons (Fsp3) is 0.333. The predicted molar refractivity (Wildman–Crippen MR) is 104 cm³/mol. The summed E-state index contributed by atoms with van der Waals surface area (Å²) >= 11 is 0. The highest BCUT2D eigenvalue weighted by Crippen LogP contribution is 2.18. The molecule has 1 atom stereocenters. The number of carbonyl (C=O) groups excluding carboxylic acids is 2. The number of amides is 2. The molecular weight excluding hydrogens is 344 g/mol. The van der Waals surface area contributed by atoms with Crippen molar-refractivity contribution in [3.63, 3.8) is 0 Å². The van der Waals surface area contributed by atoms with E-state index in [1.54, 1.807) is 36.4 Å². The van der Waals surface area contributed by atoms with E-state index in [0.717, 1.165) is 0 Å². The highest BCUT2D eigenvalue weighted by molar-refractivity contribution is 5.98. The minimum Gasteiger partial charge on any atom is -0.493 e. The monoisotopic (exact) mass is 370 g/mol. The van der Waals surface area contributed by atoms with E-state index in [9.17, 15) is 9.59 Å². The molecule has 2 aromatic carbocycles. The van der Waals surface area contributed by atoms with E-state index >= 15 is 0 Å². The van der Waals surface area contributed by atoms with Crippen LogP contribution in [0.1, 0.15) is 41.5 Å². The molecule has 2 amide bonds. The van der Waals surface area contributed by atoms with Gasteiger partial charge in [0.2, 0.25) is 0 Å². The number of rotatable bonds is 9. The maximum atomic E-state index is 12.5. The largest absolute Gasteiger partial charge is 0.493 e. The third-order valence-corrected chi connectivity index (χ3v) is 3.81. The molecule has 0 spiro atoms. The second-order valence-electron chi connectivity index (χ2n) is 5.94. The summed E-state index contributed by atoms with van der Waals surface area (Å²) in [5.41, 5.74) is 0.943. The number of hydrogen-bond acceptors (Lipinski definition) is 4. The number of nitrogens with one attached hydrogen (secondary N) is 2. The van der Waals surface area contributed by atoms with E-state index < -0.39 is 0 Å². The number of hydrogen-bond donors (Lipinski definition) is 2. The van der Waals surface area contributed by atoms with Crippen molar-refractivity contribution in [3.05, 3.63) is 59.7 Å². The summed E-state index contributed by atoms with van der Waals surface area (Å²) in [6.45, 7) is 6.82. The van der Waals surface area contributed by atoms with Crippen LogP contribution in [0, 0.1) is 0 Å². The Bertz CT molecular complexity index is 776. The first kappa shape index (κ1) is 20.3. The summed E-state index contributed by atoms with van der Waals surface area (Å²) in [4.78, 5) is 24.9. The standard InChI is InChI=1S/C21H26N2O4/c1-4-26-18-12-8-6-10-16(18)20(24)22-14-15(3)23-21(25)17-11-7-9-13-19(17)27-5-2/h6-13,15H,4-5,14H2,1-3H3,(H,22,24)(H,23,25). The quantitative estimate of drug-likeness (QED) is 0.711. The Morgan fingerprint density at radius 1 is 0.852 bits per heavy atom. The van der Waals surface area contributed by atoms with Crippen molar-refractivity contribution in [2.24, 2.45) is 0 Å². The van der Waals surface area contributed by atoms with Crippen LogP contribution in [0.2, 0.25) is 0 Å². The van der Waals surface area contributed by atoms with Crippen molar-refractivity contribution >= 4 is 11.8 Å². The zero-order chi connectivity index (χ0) is 19.6. The Labute approximate surface area is 159 Å². The predicted octanol–water partition coefficient (Wildman–Crippen LogP) is 3.03. The van der Waals surface area contributed by atoms with E-state index in [2.05, 4.69) is 10.6 Å². The number of carbonyl (C=O) groups is 2. The van der Waals surface area contributed by atoms with Gasteiger partial charge < -0.3 is 20.1 Å². The Kier molecular flexibility index (Phi) is 7.67. The molecule has 0 aliphatic carbocycles. The summed E-state index contributed by atoms with van der Waals surface area (Å²) in [6, 6.07) is 13.9. The molecule has 6 heteroatoms. The SMILES string of the molecule is CCOc1ccccc1C(=O)NCC(C)NC(=O)c1ccccc1OCC. The normalized spacial score (nSPS) is 11.4. The van der Waals surface area contributed by atoms with E-state index in [4.69, 9.17) is 9.47 Å². The summed E-state index contributed by atoms with van der Waals surface area (Å²) in [5.74, 6) is 0.601. The van der Waals surface area contributed by atoms with E-state index in [-0.39, 0.29) is 17.9 Å². The summed E-state index contributed by atoms with van der Waals surface area (Å²) < 4.78 is 11.0. The maximum Gasteiger partial charge on any atom is 0.255 e. The highest BCUT2D eigenvalue weighted by atomic mass is 16.5. The van der Waals surface area contributed by atoms with Crippen molar-refractivity contribution in [2.75, 3.05) is 19.8 Å². The Morgan fingerprint density at radius 3 is 1.85 bits per heavy atom. The third-order valence-electron chi connectivity index (χ3n) is 3.81. The molecule has 0 bridgehead atoms. The Morgan fingerprint density at radius 2 is 1.33 bits per heavy atom. The summed E-state index contributed by atoms with van der Waals surface area (Å²) in [7, 11) is 0. The average molecular weight is 370 g/mol. The number of para-hydroxylation sites is 2. The molecule has 6 nitrogen and oxygen atoms in total. The van der Waals surface area contributed by atoms with Gasteiger partial charge in [-0.15, -0.1) is 0 Å². The Balaban J connectivity index is 1.94. The lowest BCUT2D eigenvalue weighted by Gasteiger charge is -2.17. The molecule has 0 fully saturated rings. The third kappa shape index (κ3) is 5.74. The van der Waals surface area contributed by atoms with Gasteiger partial charge in [-0.2, -0.15) is 0 Å². The molecule has 2 aromatic rings. The Hall–Kier alpha value is -3.02. The minimum absolute atomic E-state index is 0.240. The van der Waals surface area contributed by atoms with Gasteiger partial charge in [0.25, 0.3) is 11.8 Å². The highest BCUT2D eigenvalue weighted by Gasteiger charge is 2.16. The molecular formula is C21H26N2O4. The van der Waals surface area contributed by atoms with Crippen molar-refractivity contribution in [3.8, 4) is 11.5 Å². The van der Waals surface area contributed by atoms with Gasteiger partial charge in [0.15, 0.2) is 0 Å². The number of benzene rings is 2. The van der Waals surface area contributed by atoms with Crippen molar-refractivity contribution in [1.82, 2.24) is 10.6 Å². The second-order valence-corrected chi connectivity index (χ2v) is 5.94. The average Bonchev–Trinajstić information content (AvgIpc) is 2.67. The lowest BCUT2D eigenvalue weighted by molar-refractivity contribution is 0.0908. The summed E-state index contributed by atoms with van der Waals surface area (Å²) in [6.07, 6.45) is 0. The lowest BCUT2D eigenvalue weighted by Crippen LogP contribution is -2.42. The fourth-order valence-electron chi connectivity index (χ4n) is 2.56. The van der Waals surface area contributed by atoms with E-state index in [1.165, 1.54) is 0 Å². The molecule has 0 radical (unpaired) electrons. The van der Waals surface area contributed by atoms with Crippen LogP contribution in [0.3, 0.4) is 0 Å². The smallest absolute Gasteiger partial charge is 0.255 e. The van der Waals surface area contributed by atoms with Crippen LogP contribution in [0.5, 0.6) is 11.5 Å². The first-order valence-corrected chi connectivity index (χ1v) is 9.09. The molecule has 2 N–H and O–H groups in total. The molecule has 0 aliphatic rings. The van der Waals surface area contributed by atoms with Crippen molar-refractivity contribution < 1.29 is 19.1 Å². The maximum absolute atomic E-state index is 12.5.